The number of benzene rings is 1. The van der Waals surface area contributed by atoms with Gasteiger partial charge in [0.05, 0.1) is 12.6 Å². The highest BCUT2D eigenvalue weighted by atomic mass is 16.5. The Morgan fingerprint density at radius 3 is 3.06 bits per heavy atom. The molecule has 3 aromatic rings. The fourth-order valence-corrected chi connectivity index (χ4v) is 1.79. The van der Waals surface area contributed by atoms with E-state index in [1.54, 1.807) is 31.6 Å². The van der Waals surface area contributed by atoms with E-state index in [1.165, 1.54) is 10.9 Å². The molecular weight excluding hydrogens is 232 g/mol. The molecule has 0 fully saturated rings. The van der Waals surface area contributed by atoms with Gasteiger partial charge in [-0.25, -0.2) is 4.98 Å². The van der Waals surface area contributed by atoms with Gasteiger partial charge in [-0.05, 0) is 12.1 Å². The van der Waals surface area contributed by atoms with Crippen LogP contribution in [0.15, 0.2) is 36.9 Å². The number of fused-ring (bicyclic) bond motifs is 1. The first-order valence-electron chi connectivity index (χ1n) is 5.34. The fraction of sp³-hybridized carbons (Fsp3) is 0.0833. The van der Waals surface area contributed by atoms with Crippen molar-refractivity contribution in [1.29, 1.82) is 0 Å². The van der Waals surface area contributed by atoms with Gasteiger partial charge in [0.1, 0.15) is 12.1 Å². The van der Waals surface area contributed by atoms with E-state index in [4.69, 9.17) is 4.74 Å². The van der Waals surface area contributed by atoms with Crippen LogP contribution >= 0.6 is 0 Å². The lowest BCUT2D eigenvalue weighted by Crippen LogP contribution is -2.10. The van der Waals surface area contributed by atoms with Crippen molar-refractivity contribution in [3.8, 4) is 5.75 Å². The summed E-state index contributed by atoms with van der Waals surface area (Å²) in [7, 11) is 1.59. The minimum absolute atomic E-state index is 0.219. The second-order valence-electron chi connectivity index (χ2n) is 3.76. The molecule has 0 saturated carbocycles. The first-order chi connectivity index (χ1) is 8.79. The number of nitrogens with zero attached hydrogens (tertiary/aromatic N) is 3. The largest absolute Gasteiger partial charge is 0.497 e. The van der Waals surface area contributed by atoms with E-state index in [0.29, 0.717) is 11.4 Å². The maximum absolute atomic E-state index is 12.1. The van der Waals surface area contributed by atoms with Crippen LogP contribution in [0.3, 0.4) is 0 Å². The zero-order valence-corrected chi connectivity index (χ0v) is 9.62. The van der Waals surface area contributed by atoms with Gasteiger partial charge in [0.2, 0.25) is 0 Å². The number of carbonyl (C=O) groups is 1. The highest BCUT2D eigenvalue weighted by Gasteiger charge is 2.15. The maximum atomic E-state index is 12.1. The first-order valence-corrected chi connectivity index (χ1v) is 5.34. The number of aromatic amines is 1. The molecule has 0 atom stereocenters. The standard InChI is InChI=1S/C12H10N4O2/c1-18-8-2-3-9-10(6-8)14-15-11(9)12(17)16-5-4-13-7-16/h2-7H,1H3,(H,14,15). The van der Waals surface area contributed by atoms with E-state index in [2.05, 4.69) is 15.2 Å². The second-order valence-corrected chi connectivity index (χ2v) is 3.76. The van der Waals surface area contributed by atoms with Crippen LogP contribution in [0.4, 0.5) is 0 Å². The molecule has 1 aromatic carbocycles. The van der Waals surface area contributed by atoms with Crippen LogP contribution in [0.2, 0.25) is 0 Å². The van der Waals surface area contributed by atoms with Gasteiger partial charge < -0.3 is 4.74 Å². The molecule has 0 saturated heterocycles. The molecule has 0 spiro atoms. The summed E-state index contributed by atoms with van der Waals surface area (Å²) in [5, 5.41) is 7.63. The summed E-state index contributed by atoms with van der Waals surface area (Å²) in [5.41, 5.74) is 1.13. The summed E-state index contributed by atoms with van der Waals surface area (Å²) >= 11 is 0. The minimum atomic E-state index is -0.219. The van der Waals surface area contributed by atoms with Crippen molar-refractivity contribution < 1.29 is 9.53 Å². The molecule has 3 rings (SSSR count). The zero-order chi connectivity index (χ0) is 12.5. The van der Waals surface area contributed by atoms with Gasteiger partial charge in [0, 0.05) is 23.8 Å². The smallest absolute Gasteiger partial charge is 0.284 e. The van der Waals surface area contributed by atoms with Crippen LogP contribution in [0, 0.1) is 0 Å². The van der Waals surface area contributed by atoms with Crippen LogP contribution in [0.1, 0.15) is 10.5 Å². The van der Waals surface area contributed by atoms with Gasteiger partial charge in [0.15, 0.2) is 5.69 Å². The quantitative estimate of drug-likeness (QED) is 0.738. The number of carbonyl (C=O) groups excluding carboxylic acids is 1. The first kappa shape index (κ1) is 10.5. The van der Waals surface area contributed by atoms with E-state index in [0.717, 1.165) is 10.9 Å². The number of imidazole rings is 1. The van der Waals surface area contributed by atoms with E-state index in [1.807, 2.05) is 6.07 Å². The monoisotopic (exact) mass is 242 g/mol. The third kappa shape index (κ3) is 1.55. The summed E-state index contributed by atoms with van der Waals surface area (Å²) in [4.78, 5) is 16.0. The number of methoxy groups -OCH3 is 1. The molecule has 0 amide bonds. The molecule has 0 radical (unpaired) electrons. The number of nitrogens with one attached hydrogen (secondary N) is 1. The molecule has 0 aliphatic heterocycles. The number of ether oxygens (including phenoxy) is 1. The number of hydrogen-bond donors (Lipinski definition) is 1. The molecular formula is C12H10N4O2. The molecule has 90 valence electrons. The van der Waals surface area contributed by atoms with Gasteiger partial charge in [-0.3, -0.25) is 14.5 Å². The van der Waals surface area contributed by atoms with Crippen LogP contribution < -0.4 is 4.74 Å². The van der Waals surface area contributed by atoms with E-state index >= 15 is 0 Å². The Morgan fingerprint density at radius 2 is 2.33 bits per heavy atom. The Bertz CT molecular complexity index is 700. The van der Waals surface area contributed by atoms with Gasteiger partial charge in [-0.15, -0.1) is 0 Å². The van der Waals surface area contributed by atoms with E-state index < -0.39 is 0 Å². The molecule has 2 heterocycles. The van der Waals surface area contributed by atoms with Crippen LogP contribution in [-0.4, -0.2) is 32.8 Å². The Morgan fingerprint density at radius 1 is 1.44 bits per heavy atom. The highest BCUT2D eigenvalue weighted by Crippen LogP contribution is 2.21. The molecule has 18 heavy (non-hydrogen) atoms. The third-order valence-corrected chi connectivity index (χ3v) is 2.71. The van der Waals surface area contributed by atoms with Gasteiger partial charge in [-0.2, -0.15) is 5.10 Å². The van der Waals surface area contributed by atoms with Crippen LogP contribution in [-0.2, 0) is 0 Å². The summed E-state index contributed by atoms with van der Waals surface area (Å²) in [5.74, 6) is 0.497. The highest BCUT2D eigenvalue weighted by molar-refractivity contribution is 6.05. The number of H-pyrrole nitrogens is 1. The number of rotatable bonds is 2. The van der Waals surface area contributed by atoms with E-state index in [-0.39, 0.29) is 5.91 Å². The van der Waals surface area contributed by atoms with E-state index in [9.17, 15) is 4.79 Å². The van der Waals surface area contributed by atoms with Crippen molar-refractivity contribution in [2.45, 2.75) is 0 Å². The van der Waals surface area contributed by atoms with Gasteiger partial charge >= 0.3 is 0 Å². The Hall–Kier alpha value is -2.63. The lowest BCUT2D eigenvalue weighted by Gasteiger charge is -1.99. The average Bonchev–Trinajstić information content (AvgIpc) is 3.06. The van der Waals surface area contributed by atoms with Gasteiger partial charge in [0.25, 0.3) is 5.91 Å². The normalized spacial score (nSPS) is 10.7. The lowest BCUT2D eigenvalue weighted by molar-refractivity contribution is 0.0956. The molecule has 2 aromatic heterocycles. The molecule has 0 unspecified atom stereocenters. The summed E-state index contributed by atoms with van der Waals surface area (Å²) in [6.45, 7) is 0. The Kier molecular flexibility index (Phi) is 2.33. The molecule has 1 N–H and O–H groups in total. The van der Waals surface area contributed by atoms with Gasteiger partial charge in [-0.1, -0.05) is 0 Å². The predicted octanol–water partition coefficient (Wildman–Crippen LogP) is 1.46. The molecule has 0 bridgehead atoms. The minimum Gasteiger partial charge on any atom is -0.497 e. The fourth-order valence-electron chi connectivity index (χ4n) is 1.79. The topological polar surface area (TPSA) is 72.8 Å². The van der Waals surface area contributed by atoms with Crippen LogP contribution in [0.25, 0.3) is 10.9 Å². The lowest BCUT2D eigenvalue weighted by atomic mass is 10.2. The Labute approximate surface area is 102 Å². The SMILES string of the molecule is COc1ccc2c(C(=O)n3ccnc3)n[nH]c2c1. The number of aromatic nitrogens is 4. The number of hydrogen-bond acceptors (Lipinski definition) is 4. The maximum Gasteiger partial charge on any atom is 0.284 e. The second kappa shape index (κ2) is 3.99. The summed E-state index contributed by atoms with van der Waals surface area (Å²) in [6, 6.07) is 5.40. The van der Waals surface area contributed by atoms with Crippen molar-refractivity contribution in [1.82, 2.24) is 19.7 Å². The molecule has 0 aliphatic rings. The van der Waals surface area contributed by atoms with Crippen molar-refractivity contribution >= 4 is 16.8 Å². The van der Waals surface area contributed by atoms with Crippen molar-refractivity contribution in [2.75, 3.05) is 7.11 Å². The van der Waals surface area contributed by atoms with Crippen molar-refractivity contribution in [3.63, 3.8) is 0 Å². The third-order valence-electron chi connectivity index (χ3n) is 2.71. The molecule has 6 nitrogen and oxygen atoms in total. The van der Waals surface area contributed by atoms with Crippen molar-refractivity contribution in [2.24, 2.45) is 0 Å². The van der Waals surface area contributed by atoms with Crippen LogP contribution in [0.5, 0.6) is 5.75 Å². The molecule has 6 heteroatoms. The van der Waals surface area contributed by atoms with Crippen molar-refractivity contribution in [3.05, 3.63) is 42.6 Å². The summed E-state index contributed by atoms with van der Waals surface area (Å²) < 4.78 is 6.51. The summed E-state index contributed by atoms with van der Waals surface area (Å²) in [6.07, 6.45) is 4.59. The predicted molar refractivity (Wildman–Crippen MR) is 64.6 cm³/mol. The Balaban J connectivity index is 2.11. The zero-order valence-electron chi connectivity index (χ0n) is 9.62. The molecule has 0 aliphatic carbocycles. The average molecular weight is 242 g/mol.